The average molecular weight is 337 g/mol. The fraction of sp³-hybridized carbons (Fsp3) is 0.889. The van der Waals surface area contributed by atoms with Gasteiger partial charge in [-0.15, -0.1) is 0 Å². The van der Waals surface area contributed by atoms with Gasteiger partial charge in [-0.1, -0.05) is 19.8 Å². The van der Waals surface area contributed by atoms with Gasteiger partial charge in [0, 0.05) is 32.2 Å². The second-order valence-corrected chi connectivity index (χ2v) is 7.95. The third kappa shape index (κ3) is 4.21. The third-order valence-electron chi connectivity index (χ3n) is 5.69. The van der Waals surface area contributed by atoms with Gasteiger partial charge in [0.1, 0.15) is 0 Å². The van der Waals surface area contributed by atoms with Crippen molar-refractivity contribution >= 4 is 11.9 Å². The molecule has 6 nitrogen and oxygen atoms in total. The van der Waals surface area contributed by atoms with E-state index < -0.39 is 6.10 Å². The minimum Gasteiger partial charge on any atom is -0.391 e. The van der Waals surface area contributed by atoms with Crippen molar-refractivity contribution in [3.63, 3.8) is 0 Å². The lowest BCUT2D eigenvalue weighted by atomic mass is 9.93. The molecule has 0 radical (unpaired) electrons. The first kappa shape index (κ1) is 17.5. The molecule has 0 aromatic carbocycles. The number of amides is 3. The molecule has 2 saturated heterocycles. The van der Waals surface area contributed by atoms with Crippen LogP contribution in [0.5, 0.6) is 0 Å². The molecule has 3 unspecified atom stereocenters. The standard InChI is InChI=1S/C18H31N3O3/c1-13-9-16(22)12-21(10-13)17(23)14-5-4-8-20(11-14)18(24)19-15-6-2-3-7-15/h13-16,22H,2-12H2,1H3,(H,19,24). The van der Waals surface area contributed by atoms with Gasteiger partial charge in [-0.2, -0.15) is 0 Å². The first-order chi connectivity index (χ1) is 11.5. The molecule has 2 aliphatic heterocycles. The molecule has 6 heteroatoms. The Labute approximate surface area is 144 Å². The van der Waals surface area contributed by atoms with Crippen LogP contribution in [0.25, 0.3) is 0 Å². The van der Waals surface area contributed by atoms with Crippen LogP contribution in [0.15, 0.2) is 0 Å². The van der Waals surface area contributed by atoms with Crippen LogP contribution in [0, 0.1) is 11.8 Å². The topological polar surface area (TPSA) is 72.9 Å². The number of likely N-dealkylation sites (tertiary alicyclic amines) is 2. The van der Waals surface area contributed by atoms with E-state index in [1.165, 1.54) is 12.8 Å². The Bertz CT molecular complexity index is 454. The van der Waals surface area contributed by atoms with Crippen LogP contribution in [0.1, 0.15) is 51.9 Å². The number of hydrogen-bond acceptors (Lipinski definition) is 3. The molecular weight excluding hydrogens is 306 g/mol. The Morgan fingerprint density at radius 3 is 2.46 bits per heavy atom. The molecule has 2 N–H and O–H groups in total. The van der Waals surface area contributed by atoms with Crippen LogP contribution < -0.4 is 5.32 Å². The number of carbonyl (C=O) groups excluding carboxylic acids is 2. The molecule has 0 spiro atoms. The Balaban J connectivity index is 1.54. The van der Waals surface area contributed by atoms with Crippen LogP contribution in [0.2, 0.25) is 0 Å². The molecule has 1 aliphatic carbocycles. The van der Waals surface area contributed by atoms with Crippen LogP contribution in [-0.2, 0) is 4.79 Å². The predicted octanol–water partition coefficient (Wildman–Crippen LogP) is 1.58. The van der Waals surface area contributed by atoms with Crippen molar-refractivity contribution in [2.45, 2.75) is 64.0 Å². The van der Waals surface area contributed by atoms with Gasteiger partial charge in [-0.25, -0.2) is 4.79 Å². The zero-order valence-corrected chi connectivity index (χ0v) is 14.7. The lowest BCUT2D eigenvalue weighted by Gasteiger charge is -2.39. The zero-order chi connectivity index (χ0) is 17.1. The van der Waals surface area contributed by atoms with E-state index in [4.69, 9.17) is 0 Å². The normalized spacial score (nSPS) is 32.0. The molecule has 3 atom stereocenters. The number of nitrogens with zero attached hydrogens (tertiary/aromatic N) is 2. The molecule has 3 aliphatic rings. The third-order valence-corrected chi connectivity index (χ3v) is 5.69. The van der Waals surface area contributed by atoms with Gasteiger partial charge in [0.15, 0.2) is 0 Å². The maximum absolute atomic E-state index is 12.8. The molecule has 136 valence electrons. The summed E-state index contributed by atoms with van der Waals surface area (Å²) in [6, 6.07) is 0.304. The minimum atomic E-state index is -0.414. The fourth-order valence-corrected chi connectivity index (χ4v) is 4.46. The minimum absolute atomic E-state index is 0.00792. The van der Waals surface area contributed by atoms with E-state index in [2.05, 4.69) is 12.2 Å². The maximum atomic E-state index is 12.8. The summed E-state index contributed by atoms with van der Waals surface area (Å²) in [5.74, 6) is 0.326. The number of carbonyl (C=O) groups is 2. The summed E-state index contributed by atoms with van der Waals surface area (Å²) in [4.78, 5) is 28.9. The van der Waals surface area contributed by atoms with Crippen molar-refractivity contribution in [1.82, 2.24) is 15.1 Å². The van der Waals surface area contributed by atoms with Crippen molar-refractivity contribution in [2.24, 2.45) is 11.8 Å². The van der Waals surface area contributed by atoms with Crippen molar-refractivity contribution in [3.8, 4) is 0 Å². The van der Waals surface area contributed by atoms with Crippen molar-refractivity contribution in [3.05, 3.63) is 0 Å². The largest absolute Gasteiger partial charge is 0.391 e. The van der Waals surface area contributed by atoms with E-state index in [9.17, 15) is 14.7 Å². The number of hydrogen-bond donors (Lipinski definition) is 2. The quantitative estimate of drug-likeness (QED) is 0.803. The van der Waals surface area contributed by atoms with E-state index in [0.29, 0.717) is 25.0 Å². The summed E-state index contributed by atoms with van der Waals surface area (Å²) in [6.45, 7) is 4.49. The summed E-state index contributed by atoms with van der Waals surface area (Å²) in [5, 5.41) is 13.1. The lowest BCUT2D eigenvalue weighted by Crippen LogP contribution is -2.53. The molecule has 3 amide bonds. The number of β-amino-alcohol motifs (C(OH)–C–C–N with tert-alkyl or cyclic N) is 1. The predicted molar refractivity (Wildman–Crippen MR) is 91.5 cm³/mol. The molecule has 1 saturated carbocycles. The van der Waals surface area contributed by atoms with Crippen molar-refractivity contribution < 1.29 is 14.7 Å². The number of urea groups is 1. The second-order valence-electron chi connectivity index (χ2n) is 7.95. The van der Waals surface area contributed by atoms with Crippen LogP contribution in [0.4, 0.5) is 4.79 Å². The molecule has 3 fully saturated rings. The molecule has 0 bridgehead atoms. The molecule has 24 heavy (non-hydrogen) atoms. The number of aliphatic hydroxyl groups excluding tert-OH is 1. The number of nitrogens with one attached hydrogen (secondary N) is 1. The maximum Gasteiger partial charge on any atom is 0.317 e. The molecule has 0 aromatic rings. The van der Waals surface area contributed by atoms with Gasteiger partial charge >= 0.3 is 6.03 Å². The highest BCUT2D eigenvalue weighted by atomic mass is 16.3. The van der Waals surface area contributed by atoms with Crippen LogP contribution in [-0.4, -0.2) is 65.2 Å². The van der Waals surface area contributed by atoms with Gasteiger partial charge < -0.3 is 20.2 Å². The first-order valence-corrected chi connectivity index (χ1v) is 9.55. The van der Waals surface area contributed by atoms with E-state index in [1.807, 2.05) is 9.80 Å². The van der Waals surface area contributed by atoms with Crippen molar-refractivity contribution in [1.29, 1.82) is 0 Å². The number of aliphatic hydroxyl groups is 1. The first-order valence-electron chi connectivity index (χ1n) is 9.55. The average Bonchev–Trinajstić information content (AvgIpc) is 3.06. The van der Waals surface area contributed by atoms with Gasteiger partial charge in [0.25, 0.3) is 0 Å². The van der Waals surface area contributed by atoms with Crippen molar-refractivity contribution in [2.75, 3.05) is 26.2 Å². The Morgan fingerprint density at radius 2 is 1.75 bits per heavy atom. The monoisotopic (exact) mass is 337 g/mol. The highest BCUT2D eigenvalue weighted by Gasteiger charge is 2.34. The van der Waals surface area contributed by atoms with Gasteiger partial charge in [-0.3, -0.25) is 4.79 Å². The Morgan fingerprint density at radius 1 is 1.00 bits per heavy atom. The van der Waals surface area contributed by atoms with Crippen LogP contribution in [0.3, 0.4) is 0 Å². The van der Waals surface area contributed by atoms with Gasteiger partial charge in [0.05, 0.1) is 12.0 Å². The van der Waals surface area contributed by atoms with E-state index in [1.54, 1.807) is 0 Å². The highest BCUT2D eigenvalue weighted by Crippen LogP contribution is 2.24. The second kappa shape index (κ2) is 7.72. The summed E-state index contributed by atoms with van der Waals surface area (Å²) in [6.07, 6.45) is 6.61. The smallest absolute Gasteiger partial charge is 0.317 e. The van der Waals surface area contributed by atoms with Gasteiger partial charge in [0.2, 0.25) is 5.91 Å². The highest BCUT2D eigenvalue weighted by molar-refractivity contribution is 5.81. The summed E-state index contributed by atoms with van der Waals surface area (Å²) in [7, 11) is 0. The number of rotatable bonds is 2. The summed E-state index contributed by atoms with van der Waals surface area (Å²) < 4.78 is 0. The fourth-order valence-electron chi connectivity index (χ4n) is 4.46. The summed E-state index contributed by atoms with van der Waals surface area (Å²) >= 11 is 0. The Hall–Kier alpha value is -1.30. The zero-order valence-electron chi connectivity index (χ0n) is 14.7. The van der Waals surface area contributed by atoms with E-state index >= 15 is 0 Å². The van der Waals surface area contributed by atoms with E-state index in [-0.39, 0.29) is 17.9 Å². The molecular formula is C18H31N3O3. The van der Waals surface area contributed by atoms with Gasteiger partial charge in [-0.05, 0) is 38.0 Å². The van der Waals surface area contributed by atoms with E-state index in [0.717, 1.165) is 45.2 Å². The van der Waals surface area contributed by atoms with Crippen LogP contribution >= 0.6 is 0 Å². The summed E-state index contributed by atoms with van der Waals surface area (Å²) in [5.41, 5.74) is 0. The molecule has 2 heterocycles. The molecule has 3 rings (SSSR count). The Kier molecular flexibility index (Phi) is 5.64. The number of piperidine rings is 2. The molecule has 0 aromatic heterocycles. The lowest BCUT2D eigenvalue weighted by molar-refractivity contribution is -0.141. The SMILES string of the molecule is CC1CC(O)CN(C(=O)C2CCCN(C(=O)NC3CCCC3)C2)C1.